The first kappa shape index (κ1) is 15.2. The van der Waals surface area contributed by atoms with Crippen LogP contribution in [-0.4, -0.2) is 22.3 Å². The van der Waals surface area contributed by atoms with Crippen molar-refractivity contribution in [3.63, 3.8) is 0 Å². The molecule has 2 aromatic carbocycles. The van der Waals surface area contributed by atoms with Gasteiger partial charge in [-0.25, -0.2) is 0 Å². The second kappa shape index (κ2) is 6.28. The maximum absolute atomic E-state index is 5.58. The fourth-order valence-corrected chi connectivity index (χ4v) is 2.89. The van der Waals surface area contributed by atoms with Gasteiger partial charge in [-0.15, -0.1) is 0 Å². The monoisotopic (exact) mass is 330 g/mol. The minimum Gasteiger partial charge on any atom is -0.495 e. The predicted molar refractivity (Wildman–Crippen MR) is 100 cm³/mol. The fraction of sp³-hybridized carbons (Fsp3) is 0.100. The van der Waals surface area contributed by atoms with Gasteiger partial charge in [0.2, 0.25) is 0 Å². The number of anilines is 2. The van der Waals surface area contributed by atoms with Crippen LogP contribution in [0, 0.1) is 6.92 Å². The van der Waals surface area contributed by atoms with Crippen LogP contribution in [0.15, 0.2) is 60.9 Å². The zero-order valence-corrected chi connectivity index (χ0v) is 14.1. The standard InChI is InChI=1S/C20H18N4O/c1-13-3-5-15-17(7-9-21-19(15)11-13)23-18-6-4-14(12-20(18)25-2)16-8-10-22-24-16/h3-12H,1-2H3,(H,21,23)(H,22,24). The van der Waals surface area contributed by atoms with Crippen LogP contribution >= 0.6 is 0 Å². The molecule has 0 aliphatic carbocycles. The molecule has 5 nitrogen and oxygen atoms in total. The Morgan fingerprint density at radius 1 is 0.960 bits per heavy atom. The third kappa shape index (κ3) is 2.92. The van der Waals surface area contributed by atoms with E-state index in [2.05, 4.69) is 45.6 Å². The van der Waals surface area contributed by atoms with Gasteiger partial charge in [-0.1, -0.05) is 18.2 Å². The van der Waals surface area contributed by atoms with Crippen molar-refractivity contribution in [3.8, 4) is 17.0 Å². The molecule has 0 unspecified atom stereocenters. The molecule has 0 aliphatic rings. The molecule has 124 valence electrons. The lowest BCUT2D eigenvalue weighted by Crippen LogP contribution is -1.96. The van der Waals surface area contributed by atoms with Crippen LogP contribution in [0.2, 0.25) is 0 Å². The molecule has 0 bridgehead atoms. The van der Waals surface area contributed by atoms with Crippen LogP contribution in [0.25, 0.3) is 22.2 Å². The Bertz CT molecular complexity index is 1030. The highest BCUT2D eigenvalue weighted by Gasteiger charge is 2.09. The number of nitrogens with zero attached hydrogens (tertiary/aromatic N) is 2. The van der Waals surface area contributed by atoms with Crippen LogP contribution in [0.3, 0.4) is 0 Å². The Labute approximate surface area is 145 Å². The number of aromatic nitrogens is 3. The summed E-state index contributed by atoms with van der Waals surface area (Å²) in [6.45, 7) is 2.07. The van der Waals surface area contributed by atoms with Crippen molar-refractivity contribution in [1.29, 1.82) is 0 Å². The number of H-pyrrole nitrogens is 1. The molecule has 0 atom stereocenters. The van der Waals surface area contributed by atoms with Gasteiger partial charge in [0.15, 0.2) is 0 Å². The maximum Gasteiger partial charge on any atom is 0.142 e. The Morgan fingerprint density at radius 2 is 1.88 bits per heavy atom. The second-order valence-electron chi connectivity index (χ2n) is 5.89. The van der Waals surface area contributed by atoms with Crippen LogP contribution in [0.4, 0.5) is 11.4 Å². The van der Waals surface area contributed by atoms with E-state index in [-0.39, 0.29) is 0 Å². The topological polar surface area (TPSA) is 62.8 Å². The first-order chi connectivity index (χ1) is 12.2. The molecule has 4 rings (SSSR count). The molecule has 25 heavy (non-hydrogen) atoms. The van der Waals surface area contributed by atoms with E-state index >= 15 is 0 Å². The molecular formula is C20H18N4O. The molecule has 5 heteroatoms. The summed E-state index contributed by atoms with van der Waals surface area (Å²) in [4.78, 5) is 4.45. The van der Waals surface area contributed by atoms with Gasteiger partial charge in [0.25, 0.3) is 0 Å². The summed E-state index contributed by atoms with van der Waals surface area (Å²) in [7, 11) is 1.67. The summed E-state index contributed by atoms with van der Waals surface area (Å²) in [5.74, 6) is 0.768. The molecule has 0 saturated heterocycles. The number of hydrogen-bond acceptors (Lipinski definition) is 4. The summed E-state index contributed by atoms with van der Waals surface area (Å²) < 4.78 is 5.58. The molecule has 0 amide bonds. The molecule has 0 radical (unpaired) electrons. The molecule has 2 aromatic heterocycles. The lowest BCUT2D eigenvalue weighted by Gasteiger charge is -2.14. The summed E-state index contributed by atoms with van der Waals surface area (Å²) in [5, 5.41) is 11.5. The maximum atomic E-state index is 5.58. The number of aromatic amines is 1. The van der Waals surface area contributed by atoms with Crippen molar-refractivity contribution < 1.29 is 4.74 Å². The number of methoxy groups -OCH3 is 1. The second-order valence-corrected chi connectivity index (χ2v) is 5.89. The van der Waals surface area contributed by atoms with Gasteiger partial charge in [0.1, 0.15) is 5.75 Å². The Kier molecular flexibility index (Phi) is 3.82. The van der Waals surface area contributed by atoms with E-state index in [1.54, 1.807) is 13.3 Å². The van der Waals surface area contributed by atoms with E-state index in [9.17, 15) is 0 Å². The first-order valence-electron chi connectivity index (χ1n) is 8.05. The summed E-state index contributed by atoms with van der Waals surface area (Å²) in [5.41, 5.74) is 6.04. The zero-order chi connectivity index (χ0) is 17.2. The molecule has 0 spiro atoms. The van der Waals surface area contributed by atoms with Crippen LogP contribution < -0.4 is 10.1 Å². The highest BCUT2D eigenvalue weighted by molar-refractivity contribution is 5.93. The summed E-state index contributed by atoms with van der Waals surface area (Å²) in [6, 6.07) is 16.2. The number of fused-ring (bicyclic) bond motifs is 1. The number of aryl methyl sites for hydroxylation is 1. The van der Waals surface area contributed by atoms with Gasteiger partial charge >= 0.3 is 0 Å². The average molecular weight is 330 g/mol. The average Bonchev–Trinajstić information content (AvgIpc) is 3.16. The van der Waals surface area contributed by atoms with Crippen LogP contribution in [0.5, 0.6) is 5.75 Å². The van der Waals surface area contributed by atoms with Gasteiger partial charge in [0, 0.05) is 29.0 Å². The van der Waals surface area contributed by atoms with E-state index < -0.39 is 0 Å². The van der Waals surface area contributed by atoms with Crippen molar-refractivity contribution in [3.05, 3.63) is 66.5 Å². The van der Waals surface area contributed by atoms with Crippen molar-refractivity contribution in [2.45, 2.75) is 6.92 Å². The molecule has 0 fully saturated rings. The van der Waals surface area contributed by atoms with E-state index in [1.807, 2.05) is 36.5 Å². The normalized spacial score (nSPS) is 10.8. The van der Waals surface area contributed by atoms with Gasteiger partial charge in [0.05, 0.1) is 24.0 Å². The molecule has 2 N–H and O–H groups in total. The number of nitrogens with one attached hydrogen (secondary N) is 2. The van der Waals surface area contributed by atoms with Crippen molar-refractivity contribution in [1.82, 2.24) is 15.2 Å². The number of rotatable bonds is 4. The minimum atomic E-state index is 0.768. The van der Waals surface area contributed by atoms with E-state index in [0.717, 1.165) is 39.3 Å². The highest BCUT2D eigenvalue weighted by Crippen LogP contribution is 2.34. The highest BCUT2D eigenvalue weighted by atomic mass is 16.5. The SMILES string of the molecule is COc1cc(-c2ccn[nH]2)ccc1Nc1ccnc2cc(C)ccc12. The first-order valence-corrected chi connectivity index (χ1v) is 8.05. The fourth-order valence-electron chi connectivity index (χ4n) is 2.89. The predicted octanol–water partition coefficient (Wildman–Crippen LogP) is 4.69. The molecule has 0 saturated carbocycles. The van der Waals surface area contributed by atoms with Crippen molar-refractivity contribution in [2.75, 3.05) is 12.4 Å². The Balaban J connectivity index is 1.74. The third-order valence-electron chi connectivity index (χ3n) is 4.18. The minimum absolute atomic E-state index is 0.768. The van der Waals surface area contributed by atoms with E-state index in [1.165, 1.54) is 5.56 Å². The molecular weight excluding hydrogens is 312 g/mol. The Morgan fingerprint density at radius 3 is 2.68 bits per heavy atom. The van der Waals surface area contributed by atoms with Crippen molar-refractivity contribution >= 4 is 22.3 Å². The van der Waals surface area contributed by atoms with E-state index in [0.29, 0.717) is 0 Å². The van der Waals surface area contributed by atoms with Crippen LogP contribution in [0.1, 0.15) is 5.56 Å². The largest absolute Gasteiger partial charge is 0.495 e. The third-order valence-corrected chi connectivity index (χ3v) is 4.18. The number of pyridine rings is 1. The van der Waals surface area contributed by atoms with Crippen molar-refractivity contribution in [2.24, 2.45) is 0 Å². The van der Waals surface area contributed by atoms with Gasteiger partial charge in [-0.05, 0) is 42.8 Å². The molecule has 2 heterocycles. The van der Waals surface area contributed by atoms with Gasteiger partial charge < -0.3 is 10.1 Å². The van der Waals surface area contributed by atoms with E-state index in [4.69, 9.17) is 4.74 Å². The lowest BCUT2D eigenvalue weighted by atomic mass is 10.1. The smallest absolute Gasteiger partial charge is 0.142 e. The molecule has 4 aromatic rings. The summed E-state index contributed by atoms with van der Waals surface area (Å²) in [6.07, 6.45) is 3.55. The lowest BCUT2D eigenvalue weighted by molar-refractivity contribution is 0.417. The van der Waals surface area contributed by atoms with Gasteiger partial charge in [-0.3, -0.25) is 10.1 Å². The number of hydrogen-bond donors (Lipinski definition) is 2. The van der Waals surface area contributed by atoms with Crippen LogP contribution in [-0.2, 0) is 0 Å². The molecule has 0 aliphatic heterocycles. The number of ether oxygens (including phenoxy) is 1. The zero-order valence-electron chi connectivity index (χ0n) is 14.1. The quantitative estimate of drug-likeness (QED) is 0.570. The summed E-state index contributed by atoms with van der Waals surface area (Å²) >= 11 is 0. The Hall–Kier alpha value is -3.34. The van der Waals surface area contributed by atoms with Gasteiger partial charge in [-0.2, -0.15) is 5.10 Å². The number of benzene rings is 2.